The van der Waals surface area contributed by atoms with Gasteiger partial charge in [0.2, 0.25) is 5.88 Å². The topological polar surface area (TPSA) is 70.1 Å². The fourth-order valence-electron chi connectivity index (χ4n) is 1.52. The van der Waals surface area contributed by atoms with Crippen LogP contribution in [0.1, 0.15) is 15.9 Å². The van der Waals surface area contributed by atoms with E-state index in [1.165, 1.54) is 23.0 Å². The smallest absolute Gasteiger partial charge is 0.255 e. The Morgan fingerprint density at radius 2 is 2.33 bits per heavy atom. The Bertz CT molecular complexity index is 580. The molecule has 0 unspecified atom stereocenters. The third-order valence-electron chi connectivity index (χ3n) is 2.32. The maximum absolute atomic E-state index is 13.0. The van der Waals surface area contributed by atoms with Gasteiger partial charge in [-0.1, -0.05) is 12.1 Å². The van der Waals surface area contributed by atoms with Gasteiger partial charge >= 0.3 is 0 Å². The molecule has 0 bridgehead atoms. The molecule has 1 amide bonds. The SMILES string of the molecule is Cn1cc(C(N)=O)c(OCc2cccc(F)c2)n1. The Hall–Kier alpha value is -2.37. The second-order valence-electron chi connectivity index (χ2n) is 3.80. The van der Waals surface area contributed by atoms with E-state index in [-0.39, 0.29) is 23.9 Å². The fraction of sp³-hybridized carbons (Fsp3) is 0.167. The number of aromatic nitrogens is 2. The van der Waals surface area contributed by atoms with Crippen molar-refractivity contribution in [3.05, 3.63) is 47.4 Å². The van der Waals surface area contributed by atoms with Crippen LogP contribution >= 0.6 is 0 Å². The highest BCUT2D eigenvalue weighted by Gasteiger charge is 2.14. The van der Waals surface area contributed by atoms with E-state index >= 15 is 0 Å². The van der Waals surface area contributed by atoms with Gasteiger partial charge in [-0.05, 0) is 17.7 Å². The van der Waals surface area contributed by atoms with E-state index in [1.807, 2.05) is 0 Å². The maximum Gasteiger partial charge on any atom is 0.255 e. The largest absolute Gasteiger partial charge is 0.471 e. The molecule has 0 fully saturated rings. The van der Waals surface area contributed by atoms with Gasteiger partial charge < -0.3 is 10.5 Å². The van der Waals surface area contributed by atoms with Crippen molar-refractivity contribution in [3.8, 4) is 5.88 Å². The lowest BCUT2D eigenvalue weighted by Crippen LogP contribution is -2.11. The monoisotopic (exact) mass is 249 g/mol. The molecule has 2 rings (SSSR count). The lowest BCUT2D eigenvalue weighted by molar-refractivity contribution is 0.0996. The van der Waals surface area contributed by atoms with Crippen molar-refractivity contribution in [3.63, 3.8) is 0 Å². The average Bonchev–Trinajstić information content (AvgIpc) is 2.68. The van der Waals surface area contributed by atoms with E-state index in [0.717, 1.165) is 0 Å². The van der Waals surface area contributed by atoms with Crippen LogP contribution in [0.5, 0.6) is 5.88 Å². The third-order valence-corrected chi connectivity index (χ3v) is 2.32. The van der Waals surface area contributed by atoms with Crippen molar-refractivity contribution in [2.24, 2.45) is 12.8 Å². The molecule has 18 heavy (non-hydrogen) atoms. The zero-order valence-electron chi connectivity index (χ0n) is 9.76. The molecular formula is C12H12FN3O2. The molecule has 1 aromatic carbocycles. The maximum atomic E-state index is 13.0. The summed E-state index contributed by atoms with van der Waals surface area (Å²) >= 11 is 0. The lowest BCUT2D eigenvalue weighted by atomic mass is 10.2. The standard InChI is InChI=1S/C12H12FN3O2/c1-16-6-10(11(14)17)12(15-16)18-7-8-3-2-4-9(13)5-8/h2-6H,7H2,1H3,(H2,14,17). The predicted octanol–water partition coefficient (Wildman–Crippen LogP) is 1.24. The Kier molecular flexibility index (Phi) is 3.27. The minimum absolute atomic E-state index is 0.120. The number of benzene rings is 1. The van der Waals surface area contributed by atoms with Gasteiger partial charge in [-0.2, -0.15) is 0 Å². The molecule has 0 aliphatic heterocycles. The normalized spacial score (nSPS) is 10.3. The molecule has 0 saturated carbocycles. The number of carbonyl (C=O) groups is 1. The van der Waals surface area contributed by atoms with Crippen molar-refractivity contribution in [1.82, 2.24) is 9.78 Å². The van der Waals surface area contributed by atoms with E-state index in [0.29, 0.717) is 5.56 Å². The highest BCUT2D eigenvalue weighted by atomic mass is 19.1. The first kappa shape index (κ1) is 12.1. The van der Waals surface area contributed by atoms with E-state index in [2.05, 4.69) is 5.10 Å². The number of rotatable bonds is 4. The molecule has 0 saturated heterocycles. The predicted molar refractivity (Wildman–Crippen MR) is 62.5 cm³/mol. The molecule has 0 spiro atoms. The second kappa shape index (κ2) is 4.87. The molecule has 2 N–H and O–H groups in total. The molecule has 2 aromatic rings. The molecular weight excluding hydrogens is 237 g/mol. The quantitative estimate of drug-likeness (QED) is 0.886. The van der Waals surface area contributed by atoms with Crippen molar-refractivity contribution in [2.75, 3.05) is 0 Å². The average molecular weight is 249 g/mol. The number of hydrogen-bond donors (Lipinski definition) is 1. The van der Waals surface area contributed by atoms with Gasteiger partial charge in [0.25, 0.3) is 5.91 Å². The Labute approximate surface area is 103 Å². The Morgan fingerprint density at radius 1 is 1.56 bits per heavy atom. The Balaban J connectivity index is 2.13. The van der Waals surface area contributed by atoms with Crippen molar-refractivity contribution in [1.29, 1.82) is 0 Å². The van der Waals surface area contributed by atoms with Crippen molar-refractivity contribution in [2.45, 2.75) is 6.61 Å². The van der Waals surface area contributed by atoms with Crippen LogP contribution in [0.3, 0.4) is 0 Å². The summed E-state index contributed by atoms with van der Waals surface area (Å²) in [6.45, 7) is 0.120. The molecule has 0 aliphatic carbocycles. The highest BCUT2D eigenvalue weighted by Crippen LogP contribution is 2.16. The first-order valence-corrected chi connectivity index (χ1v) is 5.27. The highest BCUT2D eigenvalue weighted by molar-refractivity contribution is 5.94. The summed E-state index contributed by atoms with van der Waals surface area (Å²) in [5, 5.41) is 3.97. The van der Waals surface area contributed by atoms with E-state index in [1.54, 1.807) is 19.2 Å². The van der Waals surface area contributed by atoms with Crippen LogP contribution in [-0.2, 0) is 13.7 Å². The summed E-state index contributed by atoms with van der Waals surface area (Å²) in [5.74, 6) is -0.807. The molecule has 5 nitrogen and oxygen atoms in total. The van der Waals surface area contributed by atoms with Gasteiger partial charge in [-0.25, -0.2) is 4.39 Å². The van der Waals surface area contributed by atoms with E-state index in [9.17, 15) is 9.18 Å². The van der Waals surface area contributed by atoms with Gasteiger partial charge in [0.05, 0.1) is 0 Å². The number of nitrogens with zero attached hydrogens (tertiary/aromatic N) is 2. The zero-order chi connectivity index (χ0) is 13.1. The zero-order valence-corrected chi connectivity index (χ0v) is 9.76. The van der Waals surface area contributed by atoms with Crippen molar-refractivity contribution < 1.29 is 13.9 Å². The summed E-state index contributed by atoms with van der Waals surface area (Å²) in [4.78, 5) is 11.1. The van der Waals surface area contributed by atoms with Gasteiger partial charge in [0.1, 0.15) is 18.0 Å². The first-order chi connectivity index (χ1) is 8.56. The molecule has 0 atom stereocenters. The molecule has 0 radical (unpaired) electrons. The minimum atomic E-state index is -0.614. The van der Waals surface area contributed by atoms with Gasteiger partial charge in [0.15, 0.2) is 0 Å². The molecule has 1 heterocycles. The summed E-state index contributed by atoms with van der Waals surface area (Å²) in [6.07, 6.45) is 1.48. The number of hydrogen-bond acceptors (Lipinski definition) is 3. The number of amides is 1. The number of aryl methyl sites for hydroxylation is 1. The van der Waals surface area contributed by atoms with Gasteiger partial charge in [-0.15, -0.1) is 5.10 Å². The summed E-state index contributed by atoms with van der Waals surface area (Å²) < 4.78 is 19.7. The van der Waals surface area contributed by atoms with Gasteiger partial charge in [0, 0.05) is 13.2 Å². The van der Waals surface area contributed by atoms with Gasteiger partial charge in [-0.3, -0.25) is 9.48 Å². The summed E-state index contributed by atoms with van der Waals surface area (Å²) in [7, 11) is 1.65. The van der Waals surface area contributed by atoms with Crippen LogP contribution in [0, 0.1) is 5.82 Å². The van der Waals surface area contributed by atoms with Crippen molar-refractivity contribution >= 4 is 5.91 Å². The van der Waals surface area contributed by atoms with Crippen LogP contribution < -0.4 is 10.5 Å². The first-order valence-electron chi connectivity index (χ1n) is 5.27. The van der Waals surface area contributed by atoms with Crippen LogP contribution in [0.15, 0.2) is 30.5 Å². The molecule has 94 valence electrons. The van der Waals surface area contributed by atoms with Crippen LogP contribution in [0.4, 0.5) is 4.39 Å². The molecule has 0 aliphatic rings. The number of primary amides is 1. The van der Waals surface area contributed by atoms with Crippen LogP contribution in [-0.4, -0.2) is 15.7 Å². The van der Waals surface area contributed by atoms with Crippen LogP contribution in [0.25, 0.3) is 0 Å². The molecule has 1 aromatic heterocycles. The second-order valence-corrected chi connectivity index (χ2v) is 3.80. The molecule has 6 heteroatoms. The number of nitrogens with two attached hydrogens (primary N) is 1. The summed E-state index contributed by atoms with van der Waals surface area (Å²) in [6, 6.07) is 6.00. The fourth-order valence-corrected chi connectivity index (χ4v) is 1.52. The number of carbonyl (C=O) groups excluding carboxylic acids is 1. The summed E-state index contributed by atoms with van der Waals surface area (Å²) in [5.41, 5.74) is 6.04. The third kappa shape index (κ3) is 2.65. The number of halogens is 1. The Morgan fingerprint density at radius 3 is 3.00 bits per heavy atom. The van der Waals surface area contributed by atoms with Crippen LogP contribution in [0.2, 0.25) is 0 Å². The lowest BCUT2D eigenvalue weighted by Gasteiger charge is -2.04. The number of ether oxygens (including phenoxy) is 1. The minimum Gasteiger partial charge on any atom is -0.471 e. The van der Waals surface area contributed by atoms with E-state index in [4.69, 9.17) is 10.5 Å². The van der Waals surface area contributed by atoms with E-state index < -0.39 is 5.91 Å².